The molecular weight excluding hydrogens is 194 g/mol. The van der Waals surface area contributed by atoms with Crippen LogP contribution in [0.15, 0.2) is 43.0 Å². The molecule has 0 atom stereocenters. The molecule has 0 aliphatic carbocycles. The molecule has 16 heavy (non-hydrogen) atoms. The number of nitrogens with zero attached hydrogens (tertiary/aromatic N) is 1. The molecule has 0 radical (unpaired) electrons. The van der Waals surface area contributed by atoms with E-state index in [4.69, 9.17) is 0 Å². The highest BCUT2D eigenvalue weighted by Gasteiger charge is 2.07. The third-order valence-electron chi connectivity index (χ3n) is 3.04. The maximum Gasteiger partial charge on any atom is 0.0486 e. The van der Waals surface area contributed by atoms with Crippen LogP contribution in [0.5, 0.6) is 0 Å². The lowest BCUT2D eigenvalue weighted by atomic mass is 10.1. The molecule has 0 bridgehead atoms. The first-order chi connectivity index (χ1) is 7.75. The predicted molar refractivity (Wildman–Crippen MR) is 71.5 cm³/mol. The molecule has 1 heteroatoms. The van der Waals surface area contributed by atoms with Gasteiger partial charge in [0, 0.05) is 29.2 Å². The topological polar surface area (TPSA) is 4.93 Å². The van der Waals surface area contributed by atoms with Crippen molar-refractivity contribution in [1.82, 2.24) is 4.57 Å². The number of para-hydroxylation sites is 1. The van der Waals surface area contributed by atoms with Crippen molar-refractivity contribution < 1.29 is 0 Å². The molecule has 1 aromatic carbocycles. The summed E-state index contributed by atoms with van der Waals surface area (Å²) in [5, 5.41) is 1.32. The van der Waals surface area contributed by atoms with E-state index in [-0.39, 0.29) is 0 Å². The summed E-state index contributed by atoms with van der Waals surface area (Å²) >= 11 is 0. The van der Waals surface area contributed by atoms with Gasteiger partial charge in [-0.15, -0.1) is 6.58 Å². The van der Waals surface area contributed by atoms with Gasteiger partial charge in [0.05, 0.1) is 0 Å². The Balaban J connectivity index is 2.59. The molecule has 0 spiro atoms. The van der Waals surface area contributed by atoms with Crippen molar-refractivity contribution in [3.05, 3.63) is 54.3 Å². The quantitative estimate of drug-likeness (QED) is 0.674. The van der Waals surface area contributed by atoms with Crippen molar-refractivity contribution in [2.75, 3.05) is 0 Å². The van der Waals surface area contributed by atoms with Crippen LogP contribution in [-0.4, -0.2) is 4.57 Å². The second-order valence-electron chi connectivity index (χ2n) is 4.00. The van der Waals surface area contributed by atoms with Crippen LogP contribution in [0.25, 0.3) is 17.0 Å². The fourth-order valence-electron chi connectivity index (χ4n) is 2.04. The number of fused-ring (bicyclic) bond motifs is 1. The molecule has 0 aliphatic heterocycles. The van der Waals surface area contributed by atoms with Gasteiger partial charge in [0.25, 0.3) is 0 Å². The molecule has 0 aliphatic rings. The van der Waals surface area contributed by atoms with Gasteiger partial charge in [-0.3, -0.25) is 0 Å². The second-order valence-corrected chi connectivity index (χ2v) is 4.00. The molecule has 0 saturated heterocycles. The number of benzene rings is 1. The molecule has 0 amide bonds. The van der Waals surface area contributed by atoms with E-state index in [1.165, 1.54) is 22.2 Å². The maximum absolute atomic E-state index is 3.73. The Labute approximate surface area is 96.7 Å². The highest BCUT2D eigenvalue weighted by Crippen LogP contribution is 2.25. The summed E-state index contributed by atoms with van der Waals surface area (Å²) in [4.78, 5) is 0. The summed E-state index contributed by atoms with van der Waals surface area (Å²) < 4.78 is 2.24. The SMILES string of the molecule is C=CCC=Cc1c(C)n(C)c2ccccc12. The minimum Gasteiger partial charge on any atom is -0.347 e. The fraction of sp³-hybridized carbons (Fsp3) is 0.200. The van der Waals surface area contributed by atoms with Crippen LogP contribution < -0.4 is 0 Å². The highest BCUT2D eigenvalue weighted by molar-refractivity contribution is 5.91. The van der Waals surface area contributed by atoms with Crippen molar-refractivity contribution in [3.63, 3.8) is 0 Å². The van der Waals surface area contributed by atoms with Crippen LogP contribution in [0, 0.1) is 6.92 Å². The van der Waals surface area contributed by atoms with E-state index >= 15 is 0 Å². The van der Waals surface area contributed by atoms with Crippen molar-refractivity contribution in [3.8, 4) is 0 Å². The number of aromatic nitrogens is 1. The Bertz CT molecular complexity index is 544. The molecule has 1 aromatic heterocycles. The number of aryl methyl sites for hydroxylation is 1. The van der Waals surface area contributed by atoms with E-state index in [9.17, 15) is 0 Å². The Morgan fingerprint density at radius 1 is 1.31 bits per heavy atom. The first kappa shape index (κ1) is 10.7. The third-order valence-corrected chi connectivity index (χ3v) is 3.04. The highest BCUT2D eigenvalue weighted by atomic mass is 14.9. The maximum atomic E-state index is 3.73. The van der Waals surface area contributed by atoms with Gasteiger partial charge in [-0.25, -0.2) is 0 Å². The predicted octanol–water partition coefficient (Wildman–Crippen LogP) is 4.08. The largest absolute Gasteiger partial charge is 0.347 e. The van der Waals surface area contributed by atoms with E-state index in [1.807, 2.05) is 6.08 Å². The van der Waals surface area contributed by atoms with Crippen LogP contribution in [0.3, 0.4) is 0 Å². The standard InChI is InChI=1S/C15H17N/c1-4-5-6-9-13-12(2)16(3)15-11-8-7-10-14(13)15/h4,6-11H,1,5H2,2-3H3. The zero-order valence-electron chi connectivity index (χ0n) is 9.90. The first-order valence-corrected chi connectivity index (χ1v) is 5.57. The van der Waals surface area contributed by atoms with Crippen molar-refractivity contribution in [2.45, 2.75) is 13.3 Å². The lowest BCUT2D eigenvalue weighted by molar-refractivity contribution is 0.916. The molecule has 1 heterocycles. The molecule has 2 rings (SSSR count). The minimum atomic E-state index is 0.919. The second kappa shape index (κ2) is 4.40. The van der Waals surface area contributed by atoms with E-state index in [1.54, 1.807) is 0 Å². The van der Waals surface area contributed by atoms with Gasteiger partial charge in [0.1, 0.15) is 0 Å². The summed E-state index contributed by atoms with van der Waals surface area (Å²) in [5.74, 6) is 0. The first-order valence-electron chi connectivity index (χ1n) is 5.57. The summed E-state index contributed by atoms with van der Waals surface area (Å²) in [7, 11) is 2.11. The molecule has 0 saturated carbocycles. The van der Waals surface area contributed by atoms with E-state index in [2.05, 4.69) is 61.5 Å². The van der Waals surface area contributed by atoms with Gasteiger partial charge in [-0.1, -0.05) is 36.4 Å². The zero-order chi connectivity index (χ0) is 11.5. The lowest BCUT2D eigenvalue weighted by Crippen LogP contribution is -1.89. The number of allylic oxidation sites excluding steroid dienone is 2. The van der Waals surface area contributed by atoms with Gasteiger partial charge in [0.2, 0.25) is 0 Å². The Kier molecular flexibility index (Phi) is 2.95. The summed E-state index contributed by atoms with van der Waals surface area (Å²) in [5.41, 5.74) is 3.92. The van der Waals surface area contributed by atoms with E-state index in [0.717, 1.165) is 6.42 Å². The van der Waals surface area contributed by atoms with E-state index < -0.39 is 0 Å². The molecule has 1 nitrogen and oxygen atoms in total. The molecule has 82 valence electrons. The van der Waals surface area contributed by atoms with Gasteiger partial charge in [-0.05, 0) is 19.4 Å². The van der Waals surface area contributed by atoms with Gasteiger partial charge in [-0.2, -0.15) is 0 Å². The minimum absolute atomic E-state index is 0.919. The average molecular weight is 211 g/mol. The summed E-state index contributed by atoms with van der Waals surface area (Å²) in [6, 6.07) is 8.51. The van der Waals surface area contributed by atoms with Crippen LogP contribution in [0.2, 0.25) is 0 Å². The number of rotatable bonds is 3. The number of hydrogen-bond acceptors (Lipinski definition) is 0. The Hall–Kier alpha value is -1.76. The third kappa shape index (κ3) is 1.69. The van der Waals surface area contributed by atoms with Crippen LogP contribution in [0.1, 0.15) is 17.7 Å². The molecule has 0 fully saturated rings. The monoisotopic (exact) mass is 211 g/mol. The summed E-state index contributed by atoms with van der Waals surface area (Å²) in [6.07, 6.45) is 7.18. The Morgan fingerprint density at radius 2 is 2.06 bits per heavy atom. The fourth-order valence-corrected chi connectivity index (χ4v) is 2.04. The van der Waals surface area contributed by atoms with Crippen LogP contribution in [-0.2, 0) is 7.05 Å². The molecule has 0 N–H and O–H groups in total. The normalized spacial score (nSPS) is 11.4. The zero-order valence-corrected chi connectivity index (χ0v) is 9.90. The van der Waals surface area contributed by atoms with Gasteiger partial charge in [0.15, 0.2) is 0 Å². The average Bonchev–Trinajstić information content (AvgIpc) is 2.55. The van der Waals surface area contributed by atoms with Crippen LogP contribution in [0.4, 0.5) is 0 Å². The van der Waals surface area contributed by atoms with Gasteiger partial charge < -0.3 is 4.57 Å². The molecular formula is C15H17N. The van der Waals surface area contributed by atoms with Crippen LogP contribution >= 0.6 is 0 Å². The molecule has 0 unspecified atom stereocenters. The smallest absolute Gasteiger partial charge is 0.0486 e. The summed E-state index contributed by atoms with van der Waals surface area (Å²) in [6.45, 7) is 5.89. The van der Waals surface area contributed by atoms with Crippen molar-refractivity contribution in [2.24, 2.45) is 7.05 Å². The van der Waals surface area contributed by atoms with Crippen molar-refractivity contribution >= 4 is 17.0 Å². The van der Waals surface area contributed by atoms with E-state index in [0.29, 0.717) is 0 Å². The van der Waals surface area contributed by atoms with Gasteiger partial charge >= 0.3 is 0 Å². The number of hydrogen-bond donors (Lipinski definition) is 0. The Morgan fingerprint density at radius 3 is 2.81 bits per heavy atom. The van der Waals surface area contributed by atoms with Crippen molar-refractivity contribution in [1.29, 1.82) is 0 Å². The molecule has 2 aromatic rings. The lowest BCUT2D eigenvalue weighted by Gasteiger charge is -1.97.